The van der Waals surface area contributed by atoms with Gasteiger partial charge in [-0.1, -0.05) is 12.1 Å². The van der Waals surface area contributed by atoms with Gasteiger partial charge in [-0.15, -0.1) is 0 Å². The quantitative estimate of drug-likeness (QED) is 0.302. The fourth-order valence-corrected chi connectivity index (χ4v) is 4.21. The molecule has 3 aromatic rings. The lowest BCUT2D eigenvalue weighted by Gasteiger charge is -2.37. The van der Waals surface area contributed by atoms with E-state index in [9.17, 15) is 0 Å². The van der Waals surface area contributed by atoms with Crippen LogP contribution in [-0.4, -0.2) is 66.3 Å². The van der Waals surface area contributed by atoms with Gasteiger partial charge >= 0.3 is 0 Å². The molecule has 0 spiro atoms. The van der Waals surface area contributed by atoms with Gasteiger partial charge < -0.3 is 24.6 Å². The molecule has 1 saturated heterocycles. The summed E-state index contributed by atoms with van der Waals surface area (Å²) in [5, 5.41) is 6.79. The minimum atomic E-state index is 0.309. The Bertz CT molecular complexity index is 1200. The number of hydrogen-bond acceptors (Lipinski definition) is 6. The number of aryl methyl sites for hydroxylation is 2. The molecule has 0 aliphatic carbocycles. The van der Waals surface area contributed by atoms with Gasteiger partial charge in [0.25, 0.3) is 0 Å². The van der Waals surface area contributed by atoms with Crippen LogP contribution >= 0.6 is 12.2 Å². The average Bonchev–Trinajstić information content (AvgIpc) is 2.88. The van der Waals surface area contributed by atoms with Crippen molar-refractivity contribution in [2.75, 3.05) is 55.9 Å². The van der Waals surface area contributed by atoms with E-state index in [1.807, 2.05) is 56.3 Å². The Balaban J connectivity index is 1.53. The van der Waals surface area contributed by atoms with Crippen LogP contribution in [0, 0.1) is 13.8 Å². The Morgan fingerprint density at radius 1 is 0.889 bits per heavy atom. The lowest BCUT2D eigenvalue weighted by Crippen LogP contribution is -2.51. The number of anilines is 3. The minimum absolute atomic E-state index is 0.309. The van der Waals surface area contributed by atoms with Crippen molar-refractivity contribution in [3.05, 3.63) is 66.0 Å². The van der Waals surface area contributed by atoms with Gasteiger partial charge in [-0.05, 0) is 68.5 Å². The summed E-state index contributed by atoms with van der Waals surface area (Å²) >= 11 is 5.60. The SMILES string of the molecule is COc1ccc(N2CCN(/C(=N\C(=S)Nc3ccccc3OC)Nc3nc(C)cc(C)n3)CC2)cc1. The molecule has 10 heteroatoms. The number of benzene rings is 2. The number of thiocarbonyl (C=S) groups is 1. The summed E-state index contributed by atoms with van der Waals surface area (Å²) in [7, 11) is 3.30. The first kappa shape index (κ1) is 25.2. The molecule has 0 bridgehead atoms. The second kappa shape index (κ2) is 11.7. The number of nitrogens with one attached hydrogen (secondary N) is 2. The van der Waals surface area contributed by atoms with Crippen LogP contribution in [0.25, 0.3) is 0 Å². The molecule has 0 radical (unpaired) electrons. The largest absolute Gasteiger partial charge is 0.497 e. The van der Waals surface area contributed by atoms with Crippen LogP contribution < -0.4 is 25.0 Å². The molecule has 0 saturated carbocycles. The highest BCUT2D eigenvalue weighted by Gasteiger charge is 2.22. The van der Waals surface area contributed by atoms with Gasteiger partial charge in [0.05, 0.1) is 19.9 Å². The smallest absolute Gasteiger partial charge is 0.229 e. The summed E-state index contributed by atoms with van der Waals surface area (Å²) < 4.78 is 10.7. The maximum absolute atomic E-state index is 5.60. The predicted octanol–water partition coefficient (Wildman–Crippen LogP) is 4.10. The van der Waals surface area contributed by atoms with E-state index in [4.69, 9.17) is 26.7 Å². The molecule has 36 heavy (non-hydrogen) atoms. The van der Waals surface area contributed by atoms with Gasteiger partial charge in [0.2, 0.25) is 17.0 Å². The molecule has 1 aliphatic rings. The van der Waals surface area contributed by atoms with E-state index in [1.165, 1.54) is 0 Å². The molecule has 2 aromatic carbocycles. The predicted molar refractivity (Wildman–Crippen MR) is 149 cm³/mol. The van der Waals surface area contributed by atoms with Crippen molar-refractivity contribution < 1.29 is 9.47 Å². The number of piperazine rings is 1. The van der Waals surface area contributed by atoms with Crippen LogP contribution in [0.15, 0.2) is 59.6 Å². The number of nitrogens with zero attached hydrogens (tertiary/aromatic N) is 5. The van der Waals surface area contributed by atoms with Crippen LogP contribution in [-0.2, 0) is 0 Å². The zero-order valence-corrected chi connectivity index (χ0v) is 21.8. The number of aromatic nitrogens is 2. The second-order valence-corrected chi connectivity index (χ2v) is 8.72. The number of ether oxygens (including phenoxy) is 2. The number of para-hydroxylation sites is 2. The molecule has 0 atom stereocenters. The van der Waals surface area contributed by atoms with Crippen LogP contribution in [0.1, 0.15) is 11.4 Å². The van der Waals surface area contributed by atoms with Gasteiger partial charge in [0.15, 0.2) is 0 Å². The normalized spacial score (nSPS) is 13.8. The molecule has 0 amide bonds. The number of rotatable bonds is 5. The molecule has 2 N–H and O–H groups in total. The van der Waals surface area contributed by atoms with Gasteiger partial charge in [-0.2, -0.15) is 4.99 Å². The van der Waals surface area contributed by atoms with E-state index >= 15 is 0 Å². The first-order valence-electron chi connectivity index (χ1n) is 11.7. The number of methoxy groups -OCH3 is 2. The standard InChI is InChI=1S/C26H31N7O2S/c1-18-17-19(2)28-24(27-18)30-25(31-26(36)29-22-7-5-6-8-23(22)35-4)33-15-13-32(14-16-33)20-9-11-21(34-3)12-10-20/h5-12,17H,13-16H2,1-4H3,(H2,27,28,29,30,31,36). The van der Waals surface area contributed by atoms with Gasteiger partial charge in [-0.25, -0.2) is 9.97 Å². The topological polar surface area (TPSA) is 87.1 Å². The fourth-order valence-electron chi connectivity index (χ4n) is 4.02. The van der Waals surface area contributed by atoms with Crippen molar-refractivity contribution in [2.45, 2.75) is 13.8 Å². The first-order chi connectivity index (χ1) is 17.4. The van der Waals surface area contributed by atoms with E-state index < -0.39 is 0 Å². The van der Waals surface area contributed by atoms with E-state index in [0.717, 1.165) is 54.7 Å². The molecule has 9 nitrogen and oxygen atoms in total. The molecule has 1 aliphatic heterocycles. The zero-order valence-electron chi connectivity index (χ0n) is 21.0. The third-order valence-corrected chi connectivity index (χ3v) is 5.97. The maximum atomic E-state index is 5.60. The summed E-state index contributed by atoms with van der Waals surface area (Å²) in [6.07, 6.45) is 0. The van der Waals surface area contributed by atoms with Gasteiger partial charge in [0.1, 0.15) is 11.5 Å². The summed E-state index contributed by atoms with van der Waals surface area (Å²) in [4.78, 5) is 18.3. The maximum Gasteiger partial charge on any atom is 0.229 e. The summed E-state index contributed by atoms with van der Waals surface area (Å²) in [5.74, 6) is 2.63. The van der Waals surface area contributed by atoms with Crippen molar-refractivity contribution in [1.29, 1.82) is 0 Å². The number of guanidine groups is 1. The number of aliphatic imine (C=N–C) groups is 1. The molecule has 1 aromatic heterocycles. The Hall–Kier alpha value is -3.92. The summed E-state index contributed by atoms with van der Waals surface area (Å²) in [6.45, 7) is 7.04. The Morgan fingerprint density at radius 2 is 1.56 bits per heavy atom. The van der Waals surface area contributed by atoms with Crippen LogP contribution in [0.3, 0.4) is 0 Å². The Kier molecular flexibility index (Phi) is 8.17. The summed E-state index contributed by atoms with van der Waals surface area (Å²) in [6, 6.07) is 17.6. The molecule has 0 unspecified atom stereocenters. The highest BCUT2D eigenvalue weighted by Crippen LogP contribution is 2.24. The third-order valence-electron chi connectivity index (χ3n) is 5.78. The Labute approximate surface area is 217 Å². The average molecular weight is 506 g/mol. The highest BCUT2D eigenvalue weighted by atomic mass is 32.1. The van der Waals surface area contributed by atoms with E-state index in [-0.39, 0.29) is 0 Å². The monoisotopic (exact) mass is 505 g/mol. The molecular formula is C26H31N7O2S. The van der Waals surface area contributed by atoms with Crippen molar-refractivity contribution in [1.82, 2.24) is 14.9 Å². The van der Waals surface area contributed by atoms with Crippen molar-refractivity contribution in [3.8, 4) is 11.5 Å². The summed E-state index contributed by atoms with van der Waals surface area (Å²) in [5.41, 5.74) is 3.67. The van der Waals surface area contributed by atoms with Gasteiger partial charge in [0, 0.05) is 43.3 Å². The van der Waals surface area contributed by atoms with Crippen LogP contribution in [0.4, 0.5) is 17.3 Å². The van der Waals surface area contributed by atoms with E-state index in [0.29, 0.717) is 22.8 Å². The lowest BCUT2D eigenvalue weighted by molar-refractivity contribution is 0.385. The lowest BCUT2D eigenvalue weighted by atomic mass is 10.2. The fraction of sp³-hybridized carbons (Fsp3) is 0.308. The molecule has 188 valence electrons. The van der Waals surface area contributed by atoms with E-state index in [2.05, 4.69) is 42.5 Å². The second-order valence-electron chi connectivity index (χ2n) is 8.34. The zero-order chi connectivity index (χ0) is 25.5. The van der Waals surface area contributed by atoms with Crippen molar-refractivity contribution in [3.63, 3.8) is 0 Å². The first-order valence-corrected chi connectivity index (χ1v) is 12.1. The van der Waals surface area contributed by atoms with Gasteiger partial charge in [-0.3, -0.25) is 5.32 Å². The minimum Gasteiger partial charge on any atom is -0.497 e. The van der Waals surface area contributed by atoms with Crippen LogP contribution in [0.5, 0.6) is 11.5 Å². The van der Waals surface area contributed by atoms with Crippen molar-refractivity contribution >= 4 is 40.6 Å². The van der Waals surface area contributed by atoms with Crippen molar-refractivity contribution in [2.24, 2.45) is 4.99 Å². The molecule has 2 heterocycles. The third kappa shape index (κ3) is 6.39. The molecular weight excluding hydrogens is 474 g/mol. The van der Waals surface area contributed by atoms with E-state index in [1.54, 1.807) is 14.2 Å². The molecule has 4 rings (SSSR count). The Morgan fingerprint density at radius 3 is 2.19 bits per heavy atom. The number of hydrogen-bond donors (Lipinski definition) is 2. The highest BCUT2D eigenvalue weighted by molar-refractivity contribution is 7.80. The molecule has 1 fully saturated rings. The van der Waals surface area contributed by atoms with Crippen LogP contribution in [0.2, 0.25) is 0 Å².